The molecule has 2 aromatic rings. The largest absolute Gasteiger partial charge is 0.465 e. The van der Waals surface area contributed by atoms with Crippen molar-refractivity contribution in [2.75, 3.05) is 12.4 Å². The van der Waals surface area contributed by atoms with Gasteiger partial charge in [0.15, 0.2) is 5.16 Å². The molecule has 1 fully saturated rings. The van der Waals surface area contributed by atoms with E-state index in [9.17, 15) is 9.59 Å². The number of carbonyl (C=O) groups is 1. The standard InChI is InChI=1S/C24H30N2O3S/c1-3-24(17-11-6-5-7-12-17)14-16-10-8-9-13-18(16)21-20(24)22(28)26-23(25-21)30-15-19(27)29-4-2/h8-10,13,17H,3-7,11-12,14-15H2,1-2H3,(H,25,26,28). The second-order valence-electron chi connectivity index (χ2n) is 8.37. The molecule has 6 heteroatoms. The van der Waals surface area contributed by atoms with Crippen LogP contribution < -0.4 is 5.56 Å². The maximum absolute atomic E-state index is 13.5. The number of hydrogen-bond acceptors (Lipinski definition) is 5. The Morgan fingerprint density at radius 1 is 1.23 bits per heavy atom. The zero-order valence-corrected chi connectivity index (χ0v) is 18.6. The van der Waals surface area contributed by atoms with Crippen molar-refractivity contribution in [2.45, 2.75) is 69.4 Å². The maximum atomic E-state index is 13.5. The summed E-state index contributed by atoms with van der Waals surface area (Å²) >= 11 is 1.23. The summed E-state index contributed by atoms with van der Waals surface area (Å²) in [4.78, 5) is 33.1. The van der Waals surface area contributed by atoms with Crippen LogP contribution in [0.25, 0.3) is 11.3 Å². The summed E-state index contributed by atoms with van der Waals surface area (Å²) in [6.45, 7) is 4.35. The van der Waals surface area contributed by atoms with Crippen molar-refractivity contribution in [3.05, 3.63) is 45.7 Å². The van der Waals surface area contributed by atoms with Crippen LogP contribution in [0.5, 0.6) is 0 Å². The second kappa shape index (κ2) is 8.96. The first-order valence-corrected chi connectivity index (χ1v) is 12.1. The summed E-state index contributed by atoms with van der Waals surface area (Å²) in [6, 6.07) is 8.34. The van der Waals surface area contributed by atoms with Crippen molar-refractivity contribution in [1.82, 2.24) is 9.97 Å². The van der Waals surface area contributed by atoms with Crippen molar-refractivity contribution >= 4 is 17.7 Å². The Hall–Kier alpha value is -2.08. The molecule has 1 N–H and O–H groups in total. The van der Waals surface area contributed by atoms with Gasteiger partial charge in [-0.25, -0.2) is 4.98 Å². The molecule has 0 radical (unpaired) electrons. The molecule has 0 spiro atoms. The minimum atomic E-state index is -0.298. The third-order valence-corrected chi connectivity index (χ3v) is 7.67. The van der Waals surface area contributed by atoms with Crippen LogP contribution in [0.1, 0.15) is 63.5 Å². The van der Waals surface area contributed by atoms with Gasteiger partial charge in [-0.1, -0.05) is 62.2 Å². The van der Waals surface area contributed by atoms with Crippen LogP contribution >= 0.6 is 11.8 Å². The fourth-order valence-corrected chi connectivity index (χ4v) is 6.09. The Labute approximate surface area is 182 Å². The maximum Gasteiger partial charge on any atom is 0.316 e. The first kappa shape index (κ1) is 21.2. The van der Waals surface area contributed by atoms with Gasteiger partial charge in [0.1, 0.15) is 0 Å². The second-order valence-corrected chi connectivity index (χ2v) is 9.33. The lowest BCUT2D eigenvalue weighted by atomic mass is 9.58. The molecule has 0 bridgehead atoms. The Kier molecular flexibility index (Phi) is 6.32. The molecule has 0 aliphatic heterocycles. The van der Waals surface area contributed by atoms with Gasteiger partial charge in [0.2, 0.25) is 0 Å². The van der Waals surface area contributed by atoms with E-state index in [0.717, 1.165) is 29.7 Å². The third-order valence-electron chi connectivity index (χ3n) is 6.82. The van der Waals surface area contributed by atoms with E-state index >= 15 is 0 Å². The number of esters is 1. The fourth-order valence-electron chi connectivity index (χ4n) is 5.44. The molecular weight excluding hydrogens is 396 g/mol. The highest BCUT2D eigenvalue weighted by atomic mass is 32.2. The summed E-state index contributed by atoms with van der Waals surface area (Å²) < 4.78 is 5.01. The average molecular weight is 427 g/mol. The zero-order chi connectivity index (χ0) is 21.1. The van der Waals surface area contributed by atoms with Crippen LogP contribution in [-0.2, 0) is 21.4 Å². The van der Waals surface area contributed by atoms with Crippen LogP contribution in [0.3, 0.4) is 0 Å². The smallest absolute Gasteiger partial charge is 0.316 e. The molecule has 0 saturated heterocycles. The number of aromatic nitrogens is 2. The molecule has 30 heavy (non-hydrogen) atoms. The monoisotopic (exact) mass is 426 g/mol. The SMILES string of the molecule is CCOC(=O)CSc1nc2c(c(=O)[nH]1)C(CC)(C1CCCCC1)Cc1ccccc1-2. The van der Waals surface area contributed by atoms with Crippen LogP contribution in [-0.4, -0.2) is 28.3 Å². The predicted octanol–water partition coefficient (Wildman–Crippen LogP) is 4.88. The number of nitrogens with one attached hydrogen (secondary N) is 1. The molecule has 4 rings (SSSR count). The normalized spacial score (nSPS) is 21.0. The number of rotatable bonds is 6. The van der Waals surface area contributed by atoms with E-state index in [1.54, 1.807) is 6.92 Å². The van der Waals surface area contributed by atoms with Gasteiger partial charge >= 0.3 is 5.97 Å². The number of nitrogens with zero attached hydrogens (tertiary/aromatic N) is 1. The predicted molar refractivity (Wildman–Crippen MR) is 120 cm³/mol. The van der Waals surface area contributed by atoms with Gasteiger partial charge in [-0.2, -0.15) is 0 Å². The van der Waals surface area contributed by atoms with Crippen molar-refractivity contribution in [3.8, 4) is 11.3 Å². The molecule has 5 nitrogen and oxygen atoms in total. The number of thioether (sulfide) groups is 1. The van der Waals surface area contributed by atoms with E-state index in [1.165, 1.54) is 49.4 Å². The Bertz CT molecular complexity index is 981. The van der Waals surface area contributed by atoms with Gasteiger partial charge in [0.25, 0.3) is 5.56 Å². The first-order chi connectivity index (χ1) is 14.6. The molecule has 1 unspecified atom stereocenters. The van der Waals surface area contributed by atoms with Crippen LogP contribution in [0.15, 0.2) is 34.2 Å². The molecule has 1 heterocycles. The van der Waals surface area contributed by atoms with E-state index in [2.05, 4.69) is 30.1 Å². The third kappa shape index (κ3) is 3.82. The number of hydrogen-bond donors (Lipinski definition) is 1. The van der Waals surface area contributed by atoms with Gasteiger partial charge in [-0.05, 0) is 44.1 Å². The van der Waals surface area contributed by atoms with Gasteiger partial charge in [-0.3, -0.25) is 9.59 Å². The summed E-state index contributed by atoms with van der Waals surface area (Å²) in [6.07, 6.45) is 7.95. The number of H-pyrrole nitrogens is 1. The lowest BCUT2D eigenvalue weighted by molar-refractivity contribution is -0.139. The molecule has 1 atom stereocenters. The fraction of sp³-hybridized carbons (Fsp3) is 0.542. The number of ether oxygens (including phenoxy) is 1. The van der Waals surface area contributed by atoms with Crippen LogP contribution in [0, 0.1) is 5.92 Å². The molecule has 1 saturated carbocycles. The minimum Gasteiger partial charge on any atom is -0.465 e. The number of benzene rings is 1. The molecular formula is C24H30N2O3S. The van der Waals surface area contributed by atoms with E-state index in [0.29, 0.717) is 17.7 Å². The van der Waals surface area contributed by atoms with Crippen molar-refractivity contribution in [3.63, 3.8) is 0 Å². The quantitative estimate of drug-likeness (QED) is 0.405. The van der Waals surface area contributed by atoms with Gasteiger partial charge in [0, 0.05) is 11.0 Å². The number of fused-ring (bicyclic) bond motifs is 3. The van der Waals surface area contributed by atoms with Gasteiger partial charge in [-0.15, -0.1) is 0 Å². The Morgan fingerprint density at radius 2 is 2.00 bits per heavy atom. The molecule has 1 aromatic carbocycles. The lowest BCUT2D eigenvalue weighted by Gasteiger charge is -2.45. The topological polar surface area (TPSA) is 72.0 Å². The van der Waals surface area contributed by atoms with E-state index in [1.807, 2.05) is 6.07 Å². The first-order valence-electron chi connectivity index (χ1n) is 11.1. The minimum absolute atomic E-state index is 0.0479. The highest BCUT2D eigenvalue weighted by Gasteiger charge is 2.46. The average Bonchev–Trinajstić information content (AvgIpc) is 2.77. The lowest BCUT2D eigenvalue weighted by Crippen LogP contribution is -2.45. The molecule has 1 aromatic heterocycles. The number of aromatic amines is 1. The number of carbonyl (C=O) groups excluding carboxylic acids is 1. The molecule has 0 amide bonds. The highest BCUT2D eigenvalue weighted by molar-refractivity contribution is 7.99. The summed E-state index contributed by atoms with van der Waals surface area (Å²) in [7, 11) is 0. The van der Waals surface area contributed by atoms with Crippen molar-refractivity contribution in [1.29, 1.82) is 0 Å². The van der Waals surface area contributed by atoms with Crippen LogP contribution in [0.4, 0.5) is 0 Å². The summed E-state index contributed by atoms with van der Waals surface area (Å²) in [5.41, 5.74) is 3.77. The van der Waals surface area contributed by atoms with E-state index in [4.69, 9.17) is 9.72 Å². The van der Waals surface area contributed by atoms with Gasteiger partial charge < -0.3 is 9.72 Å². The van der Waals surface area contributed by atoms with Crippen molar-refractivity contribution in [2.24, 2.45) is 5.92 Å². The molecule has 2 aliphatic rings. The zero-order valence-electron chi connectivity index (χ0n) is 17.8. The van der Waals surface area contributed by atoms with Gasteiger partial charge in [0.05, 0.1) is 23.6 Å². The van der Waals surface area contributed by atoms with E-state index < -0.39 is 0 Å². The molecule has 2 aliphatic carbocycles. The van der Waals surface area contributed by atoms with Crippen LogP contribution in [0.2, 0.25) is 0 Å². The Balaban J connectivity index is 1.81. The summed E-state index contributed by atoms with van der Waals surface area (Å²) in [5.74, 6) is 0.344. The van der Waals surface area contributed by atoms with Crippen molar-refractivity contribution < 1.29 is 9.53 Å². The summed E-state index contributed by atoms with van der Waals surface area (Å²) in [5, 5.41) is 0.483. The Morgan fingerprint density at radius 3 is 2.73 bits per heavy atom. The van der Waals surface area contributed by atoms with E-state index in [-0.39, 0.29) is 22.7 Å². The highest BCUT2D eigenvalue weighted by Crippen LogP contribution is 2.50. The molecule has 160 valence electrons.